The molecule has 1 aliphatic heterocycles. The molecule has 0 radical (unpaired) electrons. The summed E-state index contributed by atoms with van der Waals surface area (Å²) in [5, 5.41) is 12.1. The number of allylic oxidation sites excluding steroid dienone is 1. The molecule has 3 aromatic carbocycles. The van der Waals surface area contributed by atoms with Crippen molar-refractivity contribution in [3.63, 3.8) is 0 Å². The largest absolute Gasteiger partial charge is 0.376 e. The van der Waals surface area contributed by atoms with Gasteiger partial charge in [-0.1, -0.05) is 84.1 Å². The molecule has 1 atom stereocenters. The lowest BCUT2D eigenvalue weighted by Gasteiger charge is -2.39. The van der Waals surface area contributed by atoms with Crippen LogP contribution in [0.25, 0.3) is 0 Å². The van der Waals surface area contributed by atoms with Crippen molar-refractivity contribution in [3.8, 4) is 0 Å². The molecule has 0 bridgehead atoms. The molecule has 1 unspecified atom stereocenters. The molecule has 2 aliphatic rings. The van der Waals surface area contributed by atoms with E-state index in [9.17, 15) is 14.7 Å². The molecule has 0 saturated heterocycles. The quantitative estimate of drug-likeness (QED) is 0.662. The third kappa shape index (κ3) is 2.22. The van der Waals surface area contributed by atoms with Gasteiger partial charge < -0.3 is 5.11 Å². The molecule has 4 heteroatoms. The number of hydrogen-bond donors (Lipinski definition) is 1. The van der Waals surface area contributed by atoms with Crippen molar-refractivity contribution in [1.82, 2.24) is 0 Å². The summed E-state index contributed by atoms with van der Waals surface area (Å²) < 4.78 is 0. The molecule has 136 valence electrons. The highest BCUT2D eigenvalue weighted by Crippen LogP contribution is 2.53. The number of Topliss-reactive ketones (excluding diaryl/α,β-unsaturated/α-hetero) is 2. The van der Waals surface area contributed by atoms with Gasteiger partial charge in [-0.3, -0.25) is 9.59 Å². The second-order valence-electron chi connectivity index (χ2n) is 7.09. The van der Waals surface area contributed by atoms with Crippen LogP contribution in [-0.4, -0.2) is 16.7 Å². The molecule has 0 saturated carbocycles. The monoisotopic (exact) mass is 384 g/mol. The number of rotatable bonds is 1. The van der Waals surface area contributed by atoms with Crippen molar-refractivity contribution < 1.29 is 14.7 Å². The summed E-state index contributed by atoms with van der Waals surface area (Å²) in [5.41, 5.74) is 1.41. The first kappa shape index (κ1) is 17.2. The number of fused-ring (bicyclic) bond motifs is 2. The lowest BCUT2D eigenvalue weighted by molar-refractivity contribution is 0.0821. The van der Waals surface area contributed by atoms with Gasteiger partial charge in [0.2, 0.25) is 5.78 Å². The molecular weight excluding hydrogens is 368 g/mol. The zero-order valence-corrected chi connectivity index (χ0v) is 15.9. The van der Waals surface area contributed by atoms with E-state index < -0.39 is 5.60 Å². The van der Waals surface area contributed by atoms with Crippen LogP contribution in [0.5, 0.6) is 0 Å². The Morgan fingerprint density at radius 1 is 0.821 bits per heavy atom. The van der Waals surface area contributed by atoms with Crippen LogP contribution in [0, 0.1) is 6.92 Å². The third-order valence-electron chi connectivity index (χ3n) is 5.36. The van der Waals surface area contributed by atoms with Gasteiger partial charge in [-0.25, -0.2) is 0 Å². The van der Waals surface area contributed by atoms with Crippen molar-refractivity contribution in [2.75, 3.05) is 0 Å². The summed E-state index contributed by atoms with van der Waals surface area (Å²) in [6, 6.07) is 21.7. The van der Waals surface area contributed by atoms with Gasteiger partial charge in [-0.2, -0.15) is 0 Å². The van der Waals surface area contributed by atoms with Gasteiger partial charge in [0.25, 0.3) is 0 Å². The zero-order valence-electron chi connectivity index (χ0n) is 15.1. The number of hydrogen-bond acceptors (Lipinski definition) is 4. The van der Waals surface area contributed by atoms with Gasteiger partial charge >= 0.3 is 0 Å². The van der Waals surface area contributed by atoms with Crippen LogP contribution in [0.1, 0.15) is 37.4 Å². The van der Waals surface area contributed by atoms with Crippen molar-refractivity contribution >= 4 is 23.3 Å². The summed E-state index contributed by atoms with van der Waals surface area (Å²) >= 11 is 1.27. The van der Waals surface area contributed by atoms with E-state index in [0.29, 0.717) is 27.2 Å². The predicted octanol–water partition coefficient (Wildman–Crippen LogP) is 4.67. The highest BCUT2D eigenvalue weighted by molar-refractivity contribution is 8.04. The van der Waals surface area contributed by atoms with E-state index in [-0.39, 0.29) is 17.1 Å². The molecular formula is C24H16O3S. The molecule has 3 nitrogen and oxygen atoms in total. The number of aryl methyl sites for hydroxylation is 1. The molecule has 0 amide bonds. The second kappa shape index (κ2) is 6.03. The van der Waals surface area contributed by atoms with Crippen LogP contribution in [-0.2, 0) is 5.60 Å². The van der Waals surface area contributed by atoms with Gasteiger partial charge in [-0.15, -0.1) is 0 Å². The van der Waals surface area contributed by atoms with Gasteiger partial charge in [0, 0.05) is 21.6 Å². The maximum Gasteiger partial charge on any atom is 0.201 e. The van der Waals surface area contributed by atoms with Gasteiger partial charge in [0.1, 0.15) is 5.60 Å². The van der Waals surface area contributed by atoms with Crippen LogP contribution < -0.4 is 0 Å². The van der Waals surface area contributed by atoms with Crippen LogP contribution in [0.3, 0.4) is 0 Å². The molecule has 0 aromatic heterocycles. The average molecular weight is 384 g/mol. The Kier molecular flexibility index (Phi) is 3.69. The van der Waals surface area contributed by atoms with Crippen LogP contribution in [0.15, 0.2) is 88.2 Å². The van der Waals surface area contributed by atoms with Crippen LogP contribution in [0.4, 0.5) is 0 Å². The Morgan fingerprint density at radius 2 is 1.50 bits per heavy atom. The first-order valence-corrected chi connectivity index (χ1v) is 9.83. The molecule has 1 N–H and O–H groups in total. The Hall–Kier alpha value is -2.95. The molecule has 28 heavy (non-hydrogen) atoms. The summed E-state index contributed by atoms with van der Waals surface area (Å²) in [6.45, 7) is 1.94. The number of aliphatic hydroxyl groups is 1. The Labute approximate surface area is 166 Å². The number of carbonyl (C=O) groups excluding carboxylic acids is 2. The Balaban J connectivity index is 1.87. The molecule has 3 aromatic rings. The number of carbonyl (C=O) groups is 2. The van der Waals surface area contributed by atoms with E-state index in [4.69, 9.17) is 0 Å². The van der Waals surface area contributed by atoms with Crippen molar-refractivity contribution in [3.05, 3.63) is 111 Å². The van der Waals surface area contributed by atoms with E-state index in [1.807, 2.05) is 55.5 Å². The summed E-state index contributed by atoms with van der Waals surface area (Å²) in [4.78, 5) is 27.8. The van der Waals surface area contributed by atoms with Crippen molar-refractivity contribution in [2.24, 2.45) is 0 Å². The van der Waals surface area contributed by atoms with Crippen molar-refractivity contribution in [2.45, 2.75) is 17.4 Å². The van der Waals surface area contributed by atoms with Crippen LogP contribution in [0.2, 0.25) is 0 Å². The maximum absolute atomic E-state index is 13.5. The lowest BCUT2D eigenvalue weighted by Crippen LogP contribution is -2.40. The minimum atomic E-state index is -1.68. The SMILES string of the molecule is Cc1cccc(C2(O)C3=C(Sc4ccccc42)C(=O)c2ccccc2C3=O)c1. The molecule has 1 aliphatic carbocycles. The number of benzene rings is 3. The maximum atomic E-state index is 13.5. The smallest absolute Gasteiger partial charge is 0.201 e. The minimum Gasteiger partial charge on any atom is -0.376 e. The van der Waals surface area contributed by atoms with Crippen molar-refractivity contribution in [1.29, 1.82) is 0 Å². The van der Waals surface area contributed by atoms with Gasteiger partial charge in [0.15, 0.2) is 5.78 Å². The molecule has 5 rings (SSSR count). The van der Waals surface area contributed by atoms with Crippen LogP contribution >= 0.6 is 11.8 Å². The fourth-order valence-corrected chi connectivity index (χ4v) is 5.29. The zero-order chi connectivity index (χ0) is 19.5. The van der Waals surface area contributed by atoms with Gasteiger partial charge in [0.05, 0.1) is 10.5 Å². The van der Waals surface area contributed by atoms with E-state index in [2.05, 4.69) is 0 Å². The highest BCUT2D eigenvalue weighted by atomic mass is 32.2. The second-order valence-corrected chi connectivity index (χ2v) is 8.14. The lowest BCUT2D eigenvalue weighted by atomic mass is 9.73. The Morgan fingerprint density at radius 3 is 2.25 bits per heavy atom. The topological polar surface area (TPSA) is 54.4 Å². The highest BCUT2D eigenvalue weighted by Gasteiger charge is 2.50. The fourth-order valence-electron chi connectivity index (χ4n) is 4.05. The first-order chi connectivity index (χ1) is 13.5. The molecule has 0 spiro atoms. The number of thioether (sulfide) groups is 1. The summed E-state index contributed by atoms with van der Waals surface area (Å²) in [7, 11) is 0. The summed E-state index contributed by atoms with van der Waals surface area (Å²) in [5.74, 6) is -0.507. The minimum absolute atomic E-state index is 0.158. The van der Waals surface area contributed by atoms with E-state index >= 15 is 0 Å². The normalized spacial score (nSPS) is 20.5. The van der Waals surface area contributed by atoms with Gasteiger partial charge in [-0.05, 0) is 18.6 Å². The standard InChI is InChI=1S/C24H16O3S/c1-14-7-6-8-15(13-14)24(27)18-11-4-5-12-19(18)28-23-20(24)21(25)16-9-2-3-10-17(16)22(23)26/h2-13,27H,1H3. The first-order valence-electron chi connectivity index (χ1n) is 9.02. The predicted molar refractivity (Wildman–Crippen MR) is 109 cm³/mol. The Bertz CT molecular complexity index is 1210. The van der Waals surface area contributed by atoms with E-state index in [0.717, 1.165) is 10.5 Å². The third-order valence-corrected chi connectivity index (χ3v) is 6.53. The summed E-state index contributed by atoms with van der Waals surface area (Å²) in [6.07, 6.45) is 0. The van der Waals surface area contributed by atoms with E-state index in [1.54, 1.807) is 24.3 Å². The molecule has 0 fully saturated rings. The van der Waals surface area contributed by atoms with E-state index in [1.165, 1.54) is 11.8 Å². The fraction of sp³-hybridized carbons (Fsp3) is 0.0833. The molecule has 1 heterocycles. The number of ketones is 2. The average Bonchev–Trinajstić information content (AvgIpc) is 2.72.